The number of thiocarbonyl (C=S) groups is 1. The zero-order valence-corrected chi connectivity index (χ0v) is 11.9. The fraction of sp³-hybridized carbons (Fsp3) is 0.778. The molecule has 3 N–H and O–H groups in total. The number of nitrogens with one attached hydrogen (secondary N) is 3. The van der Waals surface area contributed by atoms with Crippen molar-refractivity contribution in [2.24, 2.45) is 5.41 Å². The van der Waals surface area contributed by atoms with E-state index in [0.717, 1.165) is 0 Å². The van der Waals surface area contributed by atoms with Gasteiger partial charge in [-0.3, -0.25) is 15.6 Å². The Bertz CT molecular complexity index is 327. The molecule has 0 bridgehead atoms. The van der Waals surface area contributed by atoms with Crippen LogP contribution in [0, 0.1) is 5.41 Å². The molecule has 98 valence electrons. The Labute approximate surface area is 116 Å². The quantitative estimate of drug-likeness (QED) is 0.309. The molecule has 1 aliphatic rings. The third-order valence-corrected chi connectivity index (χ3v) is 3.99. The summed E-state index contributed by atoms with van der Waals surface area (Å²) < 4.78 is 3.85. The first-order valence-corrected chi connectivity index (χ1v) is 6.21. The summed E-state index contributed by atoms with van der Waals surface area (Å²) in [6, 6.07) is 0. The number of methoxy groups -OCH3 is 1. The van der Waals surface area contributed by atoms with E-state index in [1.54, 1.807) is 14.0 Å². The van der Waals surface area contributed by atoms with Gasteiger partial charge in [0.05, 0.1) is 12.0 Å². The average Bonchev–Trinajstić information content (AvgIpc) is 2.76. The summed E-state index contributed by atoms with van der Waals surface area (Å²) in [6.07, 6.45) is 0.431. The summed E-state index contributed by atoms with van der Waals surface area (Å²) in [5.74, 6) is -0.279. The monoisotopic (exact) mass is 299 g/mol. The van der Waals surface area contributed by atoms with Crippen LogP contribution < -0.4 is 16.2 Å². The molecule has 0 heterocycles. The number of alkyl halides is 2. The number of carbonyl (C=O) groups excluding carboxylic acids is 1. The van der Waals surface area contributed by atoms with E-state index in [-0.39, 0.29) is 5.91 Å². The van der Waals surface area contributed by atoms with Gasteiger partial charge in [-0.05, 0) is 25.6 Å². The predicted molar refractivity (Wildman–Crippen MR) is 70.9 cm³/mol. The van der Waals surface area contributed by atoms with Gasteiger partial charge in [0, 0.05) is 13.7 Å². The number of rotatable bonds is 4. The minimum Gasteiger partial charge on any atom is -0.383 e. The molecule has 0 aromatic heterocycles. The standard InChI is InChI=1S/C9H15Cl2N3O2S/c1-8(5-9(8,10)11)6(15)13-14-7(17)12-3-4-16-2/h3-5H2,1-2H3,(H,13,15)(H2,12,14,17)/t8-/m0/s1. The van der Waals surface area contributed by atoms with Crippen LogP contribution in [0.4, 0.5) is 0 Å². The molecule has 0 aromatic rings. The molecule has 1 aliphatic carbocycles. The van der Waals surface area contributed by atoms with Crippen LogP contribution in [0.3, 0.4) is 0 Å². The highest BCUT2D eigenvalue weighted by molar-refractivity contribution is 7.80. The van der Waals surface area contributed by atoms with Crippen molar-refractivity contribution in [2.75, 3.05) is 20.3 Å². The van der Waals surface area contributed by atoms with Gasteiger partial charge in [-0.25, -0.2) is 0 Å². The highest BCUT2D eigenvalue weighted by atomic mass is 35.5. The smallest absolute Gasteiger partial charge is 0.247 e. The van der Waals surface area contributed by atoms with Gasteiger partial charge in [-0.15, -0.1) is 23.2 Å². The van der Waals surface area contributed by atoms with Crippen molar-refractivity contribution >= 4 is 46.4 Å². The zero-order valence-electron chi connectivity index (χ0n) is 9.60. The Hall–Kier alpha value is -0.300. The van der Waals surface area contributed by atoms with Crippen LogP contribution in [0.1, 0.15) is 13.3 Å². The summed E-state index contributed by atoms with van der Waals surface area (Å²) >= 11 is 16.7. The molecular formula is C9H15Cl2N3O2S. The molecule has 0 aromatic carbocycles. The molecule has 5 nitrogen and oxygen atoms in total. The Morgan fingerprint density at radius 2 is 2.06 bits per heavy atom. The van der Waals surface area contributed by atoms with E-state index in [0.29, 0.717) is 24.7 Å². The van der Waals surface area contributed by atoms with E-state index in [9.17, 15) is 4.79 Å². The molecule has 0 unspecified atom stereocenters. The minimum atomic E-state index is -0.982. The fourth-order valence-corrected chi connectivity index (χ4v) is 2.07. The van der Waals surface area contributed by atoms with Crippen molar-refractivity contribution in [1.29, 1.82) is 0 Å². The maximum atomic E-state index is 11.7. The van der Waals surface area contributed by atoms with Crippen molar-refractivity contribution in [3.05, 3.63) is 0 Å². The number of hydrogen-bond donors (Lipinski definition) is 3. The highest BCUT2D eigenvalue weighted by Crippen LogP contribution is 2.63. The van der Waals surface area contributed by atoms with Gasteiger partial charge in [0.25, 0.3) is 0 Å². The largest absolute Gasteiger partial charge is 0.383 e. The van der Waals surface area contributed by atoms with Crippen molar-refractivity contribution < 1.29 is 9.53 Å². The van der Waals surface area contributed by atoms with Crippen molar-refractivity contribution in [2.45, 2.75) is 17.7 Å². The van der Waals surface area contributed by atoms with Gasteiger partial charge < -0.3 is 10.1 Å². The van der Waals surface area contributed by atoms with E-state index in [1.807, 2.05) is 0 Å². The van der Waals surface area contributed by atoms with E-state index < -0.39 is 9.75 Å². The maximum absolute atomic E-state index is 11.7. The summed E-state index contributed by atoms with van der Waals surface area (Å²) in [6.45, 7) is 2.79. The lowest BCUT2D eigenvalue weighted by molar-refractivity contribution is -0.126. The van der Waals surface area contributed by atoms with Crippen molar-refractivity contribution in [3.63, 3.8) is 0 Å². The molecule has 1 atom stereocenters. The van der Waals surface area contributed by atoms with Gasteiger partial charge in [0.1, 0.15) is 4.33 Å². The van der Waals surface area contributed by atoms with Crippen LogP contribution in [0.5, 0.6) is 0 Å². The lowest BCUT2D eigenvalue weighted by Gasteiger charge is -2.15. The van der Waals surface area contributed by atoms with Gasteiger partial charge in [-0.1, -0.05) is 0 Å². The van der Waals surface area contributed by atoms with Crippen LogP contribution in [-0.4, -0.2) is 35.6 Å². The van der Waals surface area contributed by atoms with E-state index in [4.69, 9.17) is 40.2 Å². The zero-order chi connectivity index (χ0) is 13.1. The first-order chi connectivity index (χ1) is 7.83. The Morgan fingerprint density at radius 3 is 2.53 bits per heavy atom. The van der Waals surface area contributed by atoms with Crippen LogP contribution >= 0.6 is 35.4 Å². The second kappa shape index (κ2) is 5.56. The van der Waals surface area contributed by atoms with Crippen LogP contribution in [0.25, 0.3) is 0 Å². The molecule has 0 spiro atoms. The molecule has 1 rings (SSSR count). The van der Waals surface area contributed by atoms with E-state index in [2.05, 4.69) is 16.2 Å². The number of carbonyl (C=O) groups is 1. The number of hydrogen-bond acceptors (Lipinski definition) is 3. The summed E-state index contributed by atoms with van der Waals surface area (Å²) in [4.78, 5) is 11.7. The van der Waals surface area contributed by atoms with Gasteiger partial charge >= 0.3 is 0 Å². The number of ether oxygens (including phenoxy) is 1. The second-order valence-electron chi connectivity index (χ2n) is 4.04. The molecule has 17 heavy (non-hydrogen) atoms. The van der Waals surface area contributed by atoms with Gasteiger partial charge in [0.2, 0.25) is 5.91 Å². The number of amides is 1. The summed E-state index contributed by atoms with van der Waals surface area (Å²) in [5, 5.41) is 3.16. The summed E-state index contributed by atoms with van der Waals surface area (Å²) in [7, 11) is 1.59. The lowest BCUT2D eigenvalue weighted by Crippen LogP contribution is -2.50. The Morgan fingerprint density at radius 1 is 1.47 bits per heavy atom. The fourth-order valence-electron chi connectivity index (χ4n) is 1.21. The van der Waals surface area contributed by atoms with Crippen molar-refractivity contribution in [3.8, 4) is 0 Å². The normalized spacial score (nSPS) is 24.9. The average molecular weight is 300 g/mol. The molecular weight excluding hydrogens is 285 g/mol. The second-order valence-corrected chi connectivity index (χ2v) is 5.93. The first-order valence-electron chi connectivity index (χ1n) is 5.04. The Balaban J connectivity index is 2.23. The van der Waals surface area contributed by atoms with Crippen molar-refractivity contribution in [1.82, 2.24) is 16.2 Å². The molecule has 0 radical (unpaired) electrons. The third-order valence-electron chi connectivity index (χ3n) is 2.64. The molecule has 0 aliphatic heterocycles. The highest BCUT2D eigenvalue weighted by Gasteiger charge is 2.68. The van der Waals surface area contributed by atoms with E-state index in [1.165, 1.54) is 0 Å². The summed E-state index contributed by atoms with van der Waals surface area (Å²) in [5.41, 5.74) is 4.28. The molecule has 1 fully saturated rings. The first kappa shape index (κ1) is 14.8. The molecule has 8 heteroatoms. The minimum absolute atomic E-state index is 0.279. The van der Waals surface area contributed by atoms with Crippen LogP contribution in [0.2, 0.25) is 0 Å². The Kier molecular flexibility index (Phi) is 4.83. The molecule has 0 saturated heterocycles. The van der Waals surface area contributed by atoms with E-state index >= 15 is 0 Å². The van der Waals surface area contributed by atoms with Crippen LogP contribution in [0.15, 0.2) is 0 Å². The number of hydrazine groups is 1. The molecule has 1 amide bonds. The van der Waals surface area contributed by atoms with Gasteiger partial charge in [-0.2, -0.15) is 0 Å². The topological polar surface area (TPSA) is 62.4 Å². The van der Waals surface area contributed by atoms with Crippen LogP contribution in [-0.2, 0) is 9.53 Å². The predicted octanol–water partition coefficient (Wildman–Crippen LogP) is 0.712. The molecule has 1 saturated carbocycles. The number of halogens is 2. The SMILES string of the molecule is COCCNC(=S)NNC(=O)[C@]1(C)CC1(Cl)Cl. The third kappa shape index (κ3) is 3.58. The van der Waals surface area contributed by atoms with Gasteiger partial charge in [0.15, 0.2) is 5.11 Å². The lowest BCUT2D eigenvalue weighted by atomic mass is 10.1. The maximum Gasteiger partial charge on any atom is 0.247 e.